The number of thiazole rings is 1. The fraction of sp³-hybridized carbons (Fsp3) is 0.692. The number of hydrogen-bond donors (Lipinski definition) is 2. The van der Waals surface area contributed by atoms with E-state index < -0.39 is 5.97 Å². The Morgan fingerprint density at radius 2 is 2.44 bits per heavy atom. The van der Waals surface area contributed by atoms with Gasteiger partial charge in [-0.1, -0.05) is 20.3 Å². The predicted octanol–water partition coefficient (Wildman–Crippen LogP) is 2.90. The van der Waals surface area contributed by atoms with E-state index in [2.05, 4.69) is 24.1 Å². The highest BCUT2D eigenvalue weighted by Crippen LogP contribution is 2.35. The van der Waals surface area contributed by atoms with Gasteiger partial charge in [-0.15, -0.1) is 11.3 Å². The molecular weight excluding hydrogens is 248 g/mol. The molecule has 5 heteroatoms. The van der Waals surface area contributed by atoms with Crippen LogP contribution in [0.25, 0.3) is 0 Å². The van der Waals surface area contributed by atoms with Gasteiger partial charge in [-0.25, -0.2) is 9.78 Å². The monoisotopic (exact) mass is 268 g/mol. The van der Waals surface area contributed by atoms with Crippen LogP contribution in [0.4, 0.5) is 0 Å². The van der Waals surface area contributed by atoms with Gasteiger partial charge < -0.3 is 10.4 Å². The van der Waals surface area contributed by atoms with Gasteiger partial charge in [0.25, 0.3) is 0 Å². The van der Waals surface area contributed by atoms with E-state index in [9.17, 15) is 4.79 Å². The minimum atomic E-state index is -0.940. The van der Waals surface area contributed by atoms with E-state index in [0.29, 0.717) is 18.0 Å². The molecule has 1 unspecified atom stereocenters. The summed E-state index contributed by atoms with van der Waals surface area (Å²) in [5, 5.41) is 14.3. The topological polar surface area (TPSA) is 62.2 Å². The second-order valence-corrected chi connectivity index (χ2v) is 6.65. The Kier molecular flexibility index (Phi) is 4.02. The van der Waals surface area contributed by atoms with Crippen LogP contribution in [-0.4, -0.2) is 22.1 Å². The summed E-state index contributed by atoms with van der Waals surface area (Å²) in [6.45, 7) is 5.29. The number of carboxylic acid groups (broad SMARTS) is 1. The van der Waals surface area contributed by atoms with Gasteiger partial charge in [0.2, 0.25) is 5.01 Å². The number of nitrogens with one attached hydrogen (secondary N) is 1. The Morgan fingerprint density at radius 3 is 3.06 bits per heavy atom. The minimum Gasteiger partial charge on any atom is -0.476 e. The predicted molar refractivity (Wildman–Crippen MR) is 72.0 cm³/mol. The highest BCUT2D eigenvalue weighted by Gasteiger charge is 2.27. The van der Waals surface area contributed by atoms with Crippen molar-refractivity contribution in [3.05, 3.63) is 16.1 Å². The molecule has 2 N–H and O–H groups in total. The number of carboxylic acids is 1. The fourth-order valence-corrected chi connectivity index (χ4v) is 3.26. The molecule has 1 aliphatic rings. The normalized spacial score (nSPS) is 22.9. The Bertz CT molecular complexity index is 428. The highest BCUT2D eigenvalue weighted by molar-refractivity contribution is 7.11. The lowest BCUT2D eigenvalue weighted by molar-refractivity contribution is 0.0696. The molecule has 1 aromatic rings. The molecule has 0 aliphatic heterocycles. The third-order valence-electron chi connectivity index (χ3n) is 3.51. The number of aromatic nitrogens is 1. The standard InChI is InChI=1S/C13H20N2O2S/c1-13(2)5-3-4-9(6-13)14-7-10-8-18-11(15-10)12(16)17/h8-9,14H,3-7H2,1-2H3,(H,16,17). The van der Waals surface area contributed by atoms with Crippen LogP contribution in [0, 0.1) is 5.41 Å². The lowest BCUT2D eigenvalue weighted by atomic mass is 9.75. The van der Waals surface area contributed by atoms with Gasteiger partial charge >= 0.3 is 5.97 Å². The molecule has 1 atom stereocenters. The van der Waals surface area contributed by atoms with Gasteiger partial charge in [-0.2, -0.15) is 0 Å². The van der Waals surface area contributed by atoms with E-state index in [1.165, 1.54) is 37.0 Å². The maximum absolute atomic E-state index is 10.7. The molecule has 18 heavy (non-hydrogen) atoms. The zero-order valence-electron chi connectivity index (χ0n) is 10.9. The maximum Gasteiger partial charge on any atom is 0.365 e. The van der Waals surface area contributed by atoms with E-state index in [-0.39, 0.29) is 5.01 Å². The maximum atomic E-state index is 10.7. The molecule has 4 nitrogen and oxygen atoms in total. The molecule has 0 aromatic carbocycles. The van der Waals surface area contributed by atoms with Crippen LogP contribution in [0.3, 0.4) is 0 Å². The van der Waals surface area contributed by atoms with Gasteiger partial charge in [-0.3, -0.25) is 0 Å². The van der Waals surface area contributed by atoms with Crippen molar-refractivity contribution in [3.63, 3.8) is 0 Å². The largest absolute Gasteiger partial charge is 0.476 e. The quantitative estimate of drug-likeness (QED) is 0.881. The summed E-state index contributed by atoms with van der Waals surface area (Å²) in [6.07, 6.45) is 4.95. The molecule has 2 rings (SSSR count). The average Bonchev–Trinajstić information content (AvgIpc) is 2.74. The van der Waals surface area contributed by atoms with Crippen LogP contribution in [0.5, 0.6) is 0 Å². The fourth-order valence-electron chi connectivity index (χ4n) is 2.61. The molecule has 0 saturated heterocycles. The third kappa shape index (κ3) is 3.53. The first kappa shape index (κ1) is 13.5. The molecule has 1 heterocycles. The van der Waals surface area contributed by atoms with Crippen molar-refractivity contribution in [1.29, 1.82) is 0 Å². The first-order valence-corrected chi connectivity index (χ1v) is 7.25. The summed E-state index contributed by atoms with van der Waals surface area (Å²) in [4.78, 5) is 14.8. The van der Waals surface area contributed by atoms with E-state index in [1.807, 2.05) is 5.38 Å². The van der Waals surface area contributed by atoms with Crippen molar-refractivity contribution in [1.82, 2.24) is 10.3 Å². The average molecular weight is 268 g/mol. The molecule has 1 fully saturated rings. The van der Waals surface area contributed by atoms with Gasteiger partial charge in [0.1, 0.15) is 0 Å². The molecule has 1 saturated carbocycles. The Morgan fingerprint density at radius 1 is 1.67 bits per heavy atom. The van der Waals surface area contributed by atoms with Crippen molar-refractivity contribution < 1.29 is 9.90 Å². The minimum absolute atomic E-state index is 0.177. The Balaban J connectivity index is 1.85. The van der Waals surface area contributed by atoms with Crippen molar-refractivity contribution in [2.24, 2.45) is 5.41 Å². The molecule has 0 radical (unpaired) electrons. The number of carbonyl (C=O) groups is 1. The van der Waals surface area contributed by atoms with Crippen molar-refractivity contribution in [2.75, 3.05) is 0 Å². The van der Waals surface area contributed by atoms with Crippen LogP contribution in [0.1, 0.15) is 55.0 Å². The van der Waals surface area contributed by atoms with E-state index in [1.54, 1.807) is 0 Å². The van der Waals surface area contributed by atoms with Crippen LogP contribution in [0.2, 0.25) is 0 Å². The van der Waals surface area contributed by atoms with Gasteiger partial charge in [0, 0.05) is 18.0 Å². The van der Waals surface area contributed by atoms with Gasteiger partial charge in [-0.05, 0) is 24.7 Å². The van der Waals surface area contributed by atoms with E-state index in [4.69, 9.17) is 5.11 Å². The van der Waals surface area contributed by atoms with Gasteiger partial charge in [0.05, 0.1) is 5.69 Å². The summed E-state index contributed by atoms with van der Waals surface area (Å²) >= 11 is 1.19. The summed E-state index contributed by atoms with van der Waals surface area (Å²) in [6, 6.07) is 0.531. The summed E-state index contributed by atoms with van der Waals surface area (Å²) in [5.74, 6) is -0.940. The van der Waals surface area contributed by atoms with Crippen LogP contribution in [0.15, 0.2) is 5.38 Å². The number of aromatic carboxylic acids is 1. The number of rotatable bonds is 4. The first-order valence-electron chi connectivity index (χ1n) is 6.37. The summed E-state index contributed by atoms with van der Waals surface area (Å²) < 4.78 is 0. The molecule has 1 aromatic heterocycles. The Hall–Kier alpha value is -0.940. The van der Waals surface area contributed by atoms with Gasteiger partial charge in [0.15, 0.2) is 0 Å². The third-order valence-corrected chi connectivity index (χ3v) is 4.39. The molecule has 0 bridgehead atoms. The molecule has 0 spiro atoms. The molecule has 1 aliphatic carbocycles. The van der Waals surface area contributed by atoms with Crippen LogP contribution < -0.4 is 5.32 Å². The number of hydrogen-bond acceptors (Lipinski definition) is 4. The summed E-state index contributed by atoms with van der Waals surface area (Å²) in [7, 11) is 0. The highest BCUT2D eigenvalue weighted by atomic mass is 32.1. The molecule has 0 amide bonds. The van der Waals surface area contributed by atoms with E-state index in [0.717, 1.165) is 5.69 Å². The zero-order chi connectivity index (χ0) is 13.2. The summed E-state index contributed by atoms with van der Waals surface area (Å²) in [5.41, 5.74) is 1.25. The molecule has 100 valence electrons. The first-order chi connectivity index (χ1) is 8.46. The number of nitrogens with zero attached hydrogens (tertiary/aromatic N) is 1. The zero-order valence-corrected chi connectivity index (χ0v) is 11.7. The Labute approximate surface area is 111 Å². The van der Waals surface area contributed by atoms with Crippen LogP contribution in [-0.2, 0) is 6.54 Å². The van der Waals surface area contributed by atoms with Crippen molar-refractivity contribution in [3.8, 4) is 0 Å². The lowest BCUT2D eigenvalue weighted by Gasteiger charge is -2.35. The molecular formula is C13H20N2O2S. The van der Waals surface area contributed by atoms with Crippen molar-refractivity contribution in [2.45, 2.75) is 52.1 Å². The van der Waals surface area contributed by atoms with E-state index >= 15 is 0 Å². The van der Waals surface area contributed by atoms with Crippen molar-refractivity contribution >= 4 is 17.3 Å². The van der Waals surface area contributed by atoms with Crippen LogP contribution >= 0.6 is 11.3 Å². The second kappa shape index (κ2) is 5.36. The second-order valence-electron chi connectivity index (χ2n) is 5.79. The smallest absolute Gasteiger partial charge is 0.365 e. The lowest BCUT2D eigenvalue weighted by Crippen LogP contribution is -2.36. The SMILES string of the molecule is CC1(C)CCCC(NCc2csc(C(=O)O)n2)C1.